The monoisotopic (exact) mass is 250 g/mol. The summed E-state index contributed by atoms with van der Waals surface area (Å²) in [5.41, 5.74) is 0. The molecule has 0 saturated carbocycles. The summed E-state index contributed by atoms with van der Waals surface area (Å²) in [6.45, 7) is 5.95. The van der Waals surface area contributed by atoms with Crippen LogP contribution in [0.5, 0.6) is 0 Å². The molecule has 1 aliphatic rings. The molecule has 0 aliphatic carbocycles. The normalized spacial score (nSPS) is 22.1. The minimum absolute atomic E-state index is 0.0662. The Hall–Kier alpha value is -1.04. The third-order valence-corrected chi connectivity index (χ3v) is 3.89. The van der Waals surface area contributed by atoms with Crippen molar-refractivity contribution in [3.05, 3.63) is 0 Å². The van der Waals surface area contributed by atoms with Crippen LogP contribution in [0.2, 0.25) is 0 Å². The quantitative estimate of drug-likeness (QED) is 0.751. The molecule has 102 valence electrons. The van der Waals surface area contributed by atoms with Crippen LogP contribution >= 0.6 is 0 Å². The Morgan fingerprint density at radius 1 is 1.33 bits per heavy atom. The molecular formula is C15H26N2O. The van der Waals surface area contributed by atoms with E-state index in [0.29, 0.717) is 6.42 Å². The lowest BCUT2D eigenvalue weighted by atomic mass is 9.96. The van der Waals surface area contributed by atoms with Gasteiger partial charge in [-0.15, -0.1) is 0 Å². The highest BCUT2D eigenvalue weighted by molar-refractivity contribution is 5.81. The molecule has 1 saturated heterocycles. The molecule has 1 aliphatic heterocycles. The molecule has 1 heterocycles. The molecule has 18 heavy (non-hydrogen) atoms. The van der Waals surface area contributed by atoms with Gasteiger partial charge >= 0.3 is 0 Å². The van der Waals surface area contributed by atoms with Crippen LogP contribution in [0.1, 0.15) is 58.8 Å². The smallest absolute Gasteiger partial charge is 0.239 e. The molecule has 3 heteroatoms. The highest BCUT2D eigenvalue weighted by Gasteiger charge is 2.25. The first-order valence-electron chi connectivity index (χ1n) is 7.41. The fourth-order valence-electron chi connectivity index (χ4n) is 2.83. The lowest BCUT2D eigenvalue weighted by Crippen LogP contribution is -2.36. The topological polar surface area (TPSA) is 44.1 Å². The minimum atomic E-state index is -0.419. The average Bonchev–Trinajstić information content (AvgIpc) is 2.61. The molecule has 0 aromatic rings. The van der Waals surface area contributed by atoms with Gasteiger partial charge in [-0.1, -0.05) is 33.1 Å². The predicted octanol–water partition coefficient (Wildman–Crippen LogP) is 3.36. The Labute approximate surface area is 111 Å². The zero-order valence-corrected chi connectivity index (χ0v) is 11.8. The van der Waals surface area contributed by atoms with Crippen molar-refractivity contribution in [2.75, 3.05) is 13.1 Å². The van der Waals surface area contributed by atoms with E-state index < -0.39 is 5.92 Å². The van der Waals surface area contributed by atoms with Crippen molar-refractivity contribution in [2.45, 2.75) is 58.8 Å². The van der Waals surface area contributed by atoms with Crippen LogP contribution in [0.3, 0.4) is 0 Å². The van der Waals surface area contributed by atoms with Crippen molar-refractivity contribution >= 4 is 5.91 Å². The van der Waals surface area contributed by atoms with Crippen LogP contribution in [0.15, 0.2) is 0 Å². The van der Waals surface area contributed by atoms with Gasteiger partial charge in [-0.25, -0.2) is 0 Å². The molecule has 2 unspecified atom stereocenters. The fourth-order valence-corrected chi connectivity index (χ4v) is 2.83. The first-order chi connectivity index (χ1) is 8.72. The molecule has 1 rings (SSSR count). The van der Waals surface area contributed by atoms with E-state index in [1.807, 2.05) is 11.8 Å². The van der Waals surface area contributed by atoms with Crippen molar-refractivity contribution in [1.82, 2.24) is 4.90 Å². The van der Waals surface area contributed by atoms with E-state index in [1.54, 1.807) is 0 Å². The maximum atomic E-state index is 12.2. The van der Waals surface area contributed by atoms with Gasteiger partial charge in [-0.2, -0.15) is 5.26 Å². The molecule has 0 spiro atoms. The van der Waals surface area contributed by atoms with Gasteiger partial charge in [-0.05, 0) is 31.6 Å². The lowest BCUT2D eigenvalue weighted by molar-refractivity contribution is -0.133. The van der Waals surface area contributed by atoms with Crippen LogP contribution in [0, 0.1) is 23.2 Å². The van der Waals surface area contributed by atoms with E-state index in [1.165, 1.54) is 19.3 Å². The largest absolute Gasteiger partial charge is 0.342 e. The third kappa shape index (κ3) is 4.33. The zero-order valence-electron chi connectivity index (χ0n) is 11.8. The van der Waals surface area contributed by atoms with Crippen molar-refractivity contribution < 1.29 is 4.79 Å². The summed E-state index contributed by atoms with van der Waals surface area (Å²) in [4.78, 5) is 14.2. The van der Waals surface area contributed by atoms with Gasteiger partial charge in [-0.3, -0.25) is 4.79 Å². The number of carbonyl (C=O) groups excluding carboxylic acids is 1. The number of nitrogens with zero attached hydrogens (tertiary/aromatic N) is 2. The van der Waals surface area contributed by atoms with Gasteiger partial charge in [0.25, 0.3) is 0 Å². The molecule has 1 amide bonds. The predicted molar refractivity (Wildman–Crippen MR) is 72.8 cm³/mol. The van der Waals surface area contributed by atoms with Gasteiger partial charge in [0.15, 0.2) is 0 Å². The summed E-state index contributed by atoms with van der Waals surface area (Å²) in [6, 6.07) is 2.17. The number of hydrogen-bond acceptors (Lipinski definition) is 2. The van der Waals surface area contributed by atoms with E-state index in [-0.39, 0.29) is 5.91 Å². The minimum Gasteiger partial charge on any atom is -0.342 e. The van der Waals surface area contributed by atoms with Gasteiger partial charge in [0, 0.05) is 13.1 Å². The van der Waals surface area contributed by atoms with E-state index in [9.17, 15) is 4.79 Å². The van der Waals surface area contributed by atoms with Crippen LogP contribution in [-0.2, 0) is 4.79 Å². The van der Waals surface area contributed by atoms with Gasteiger partial charge < -0.3 is 4.90 Å². The van der Waals surface area contributed by atoms with E-state index in [0.717, 1.165) is 38.3 Å². The summed E-state index contributed by atoms with van der Waals surface area (Å²) in [5, 5.41) is 9.07. The molecule has 0 aromatic carbocycles. The van der Waals surface area contributed by atoms with Crippen molar-refractivity contribution in [1.29, 1.82) is 5.26 Å². The number of amides is 1. The van der Waals surface area contributed by atoms with Gasteiger partial charge in [0.05, 0.1) is 6.07 Å². The molecule has 0 bridgehead atoms. The summed E-state index contributed by atoms with van der Waals surface area (Å²) >= 11 is 0. The Morgan fingerprint density at radius 3 is 2.72 bits per heavy atom. The second-order valence-electron chi connectivity index (χ2n) is 5.38. The molecule has 0 N–H and O–H groups in total. The molecule has 1 fully saturated rings. The number of nitriles is 1. The maximum Gasteiger partial charge on any atom is 0.239 e. The van der Waals surface area contributed by atoms with E-state index in [4.69, 9.17) is 5.26 Å². The second-order valence-corrected chi connectivity index (χ2v) is 5.38. The lowest BCUT2D eigenvalue weighted by Gasteiger charge is -2.23. The number of carbonyl (C=O) groups is 1. The Balaban J connectivity index is 2.51. The Bertz CT molecular complexity index is 295. The average molecular weight is 250 g/mol. The standard InChI is InChI=1S/C15H26N2O/c1-3-6-13-8-5-10-17(11-9-13)15(18)14(12-16)7-4-2/h13-14H,3-11H2,1-2H3. The summed E-state index contributed by atoms with van der Waals surface area (Å²) < 4.78 is 0. The molecule has 0 aromatic heterocycles. The molecule has 0 radical (unpaired) electrons. The van der Waals surface area contributed by atoms with Crippen molar-refractivity contribution in [3.8, 4) is 6.07 Å². The number of hydrogen-bond donors (Lipinski definition) is 0. The molecular weight excluding hydrogens is 224 g/mol. The zero-order chi connectivity index (χ0) is 13.4. The maximum absolute atomic E-state index is 12.2. The SMILES string of the molecule is CCCC1CCCN(C(=O)C(C#N)CCC)CC1. The Morgan fingerprint density at radius 2 is 2.11 bits per heavy atom. The van der Waals surface area contributed by atoms with Gasteiger partial charge in [0.2, 0.25) is 5.91 Å². The van der Waals surface area contributed by atoms with E-state index in [2.05, 4.69) is 13.0 Å². The van der Waals surface area contributed by atoms with E-state index >= 15 is 0 Å². The third-order valence-electron chi connectivity index (χ3n) is 3.89. The van der Waals surface area contributed by atoms with Crippen molar-refractivity contribution in [3.63, 3.8) is 0 Å². The summed E-state index contributed by atoms with van der Waals surface area (Å²) in [6.07, 6.45) is 7.56. The first kappa shape index (κ1) is 15.0. The highest BCUT2D eigenvalue weighted by atomic mass is 16.2. The Kier molecular flexibility index (Phi) is 6.78. The summed E-state index contributed by atoms with van der Waals surface area (Å²) in [5.74, 6) is 0.425. The molecule has 3 nitrogen and oxygen atoms in total. The highest BCUT2D eigenvalue weighted by Crippen LogP contribution is 2.23. The fraction of sp³-hybridized carbons (Fsp3) is 0.867. The van der Waals surface area contributed by atoms with Crippen LogP contribution in [0.25, 0.3) is 0 Å². The molecule has 2 atom stereocenters. The van der Waals surface area contributed by atoms with Crippen LogP contribution < -0.4 is 0 Å². The van der Waals surface area contributed by atoms with Crippen LogP contribution in [-0.4, -0.2) is 23.9 Å². The van der Waals surface area contributed by atoms with Gasteiger partial charge in [0.1, 0.15) is 5.92 Å². The number of rotatable bonds is 5. The first-order valence-corrected chi connectivity index (χ1v) is 7.41. The van der Waals surface area contributed by atoms with Crippen molar-refractivity contribution in [2.24, 2.45) is 11.8 Å². The van der Waals surface area contributed by atoms with Crippen LogP contribution in [0.4, 0.5) is 0 Å². The summed E-state index contributed by atoms with van der Waals surface area (Å²) in [7, 11) is 0. The number of likely N-dealkylation sites (tertiary alicyclic amines) is 1. The second kappa shape index (κ2) is 8.13.